The van der Waals surface area contributed by atoms with E-state index in [1.807, 2.05) is 0 Å². The number of sulfonamides is 1. The highest BCUT2D eigenvalue weighted by Crippen LogP contribution is 2.42. The summed E-state index contributed by atoms with van der Waals surface area (Å²) < 4.78 is 65.7. The number of halogens is 3. The van der Waals surface area contributed by atoms with Gasteiger partial charge in [0.15, 0.2) is 0 Å². The van der Waals surface area contributed by atoms with Gasteiger partial charge in [0.1, 0.15) is 9.90 Å². The number of anilines is 1. The van der Waals surface area contributed by atoms with Crippen LogP contribution < -0.4 is 4.72 Å². The fourth-order valence-corrected chi connectivity index (χ4v) is 4.76. The van der Waals surface area contributed by atoms with Crippen LogP contribution in [0.4, 0.5) is 18.3 Å². The van der Waals surface area contributed by atoms with Gasteiger partial charge in [0.25, 0.3) is 10.0 Å². The van der Waals surface area contributed by atoms with Gasteiger partial charge in [0.2, 0.25) is 5.13 Å². The summed E-state index contributed by atoms with van der Waals surface area (Å²) in [5.41, 5.74) is -0.761. The lowest BCUT2D eigenvalue weighted by Crippen LogP contribution is -2.12. The van der Waals surface area contributed by atoms with Crippen molar-refractivity contribution in [2.24, 2.45) is 0 Å². The molecule has 0 aliphatic heterocycles. The minimum Gasteiger partial charge on any atom is -0.360 e. The molecule has 25 heavy (non-hydrogen) atoms. The zero-order valence-corrected chi connectivity index (χ0v) is 14.1. The third-order valence-electron chi connectivity index (χ3n) is 3.85. The predicted molar refractivity (Wildman–Crippen MR) is 86.0 cm³/mol. The van der Waals surface area contributed by atoms with Gasteiger partial charge in [-0.15, -0.1) is 10.2 Å². The van der Waals surface area contributed by atoms with Crippen molar-refractivity contribution in [3.63, 3.8) is 0 Å². The van der Waals surface area contributed by atoms with Crippen molar-refractivity contribution < 1.29 is 21.6 Å². The van der Waals surface area contributed by atoms with E-state index in [1.54, 1.807) is 0 Å². The molecule has 0 atom stereocenters. The molecule has 2 aromatic heterocycles. The minimum atomic E-state index is -4.50. The Morgan fingerprint density at radius 3 is 2.68 bits per heavy atom. The van der Waals surface area contributed by atoms with E-state index in [4.69, 9.17) is 0 Å². The Hall–Kier alpha value is -2.14. The maximum atomic E-state index is 12.8. The molecule has 1 aliphatic rings. The van der Waals surface area contributed by atoms with Crippen molar-refractivity contribution in [1.82, 2.24) is 15.2 Å². The topological polar surface area (TPSA) is 87.7 Å². The van der Waals surface area contributed by atoms with Crippen LogP contribution in [0.3, 0.4) is 0 Å². The van der Waals surface area contributed by atoms with Gasteiger partial charge in [0, 0.05) is 23.0 Å². The second kappa shape index (κ2) is 5.43. The number of nitrogens with zero attached hydrogens (tertiary/aromatic N) is 2. The predicted octanol–water partition coefficient (Wildman–Crippen LogP) is 3.72. The zero-order chi connectivity index (χ0) is 17.8. The molecule has 0 saturated heterocycles. The van der Waals surface area contributed by atoms with E-state index in [-0.39, 0.29) is 20.9 Å². The molecular formula is C14H11F3N4O2S2. The third-order valence-corrected chi connectivity index (χ3v) is 6.36. The quantitative estimate of drug-likeness (QED) is 0.713. The van der Waals surface area contributed by atoms with E-state index in [0.717, 1.165) is 42.2 Å². The van der Waals surface area contributed by atoms with Crippen molar-refractivity contribution in [3.05, 3.63) is 35.0 Å². The summed E-state index contributed by atoms with van der Waals surface area (Å²) in [6.07, 6.45) is -1.30. The molecule has 11 heteroatoms. The lowest BCUT2D eigenvalue weighted by molar-refractivity contribution is -0.137. The molecule has 0 bridgehead atoms. The number of hydrogen-bond donors (Lipinski definition) is 2. The Balaban J connectivity index is 1.67. The number of nitrogens with one attached hydrogen (secondary N) is 2. The SMILES string of the molecule is O=S(=O)(Nc1nnc(C2CC2)s1)c1c[nH]c2cc(C(F)(F)F)ccc12. The first-order valence-corrected chi connectivity index (χ1v) is 9.58. The maximum absolute atomic E-state index is 12.8. The first-order valence-electron chi connectivity index (χ1n) is 7.28. The van der Waals surface area contributed by atoms with Crippen molar-refractivity contribution >= 4 is 37.4 Å². The summed E-state index contributed by atoms with van der Waals surface area (Å²) in [4.78, 5) is 2.43. The average molecular weight is 388 g/mol. The third kappa shape index (κ3) is 3.09. The number of H-pyrrole nitrogens is 1. The van der Waals surface area contributed by atoms with Crippen LogP contribution in [0.2, 0.25) is 0 Å². The highest BCUT2D eigenvalue weighted by Gasteiger charge is 2.32. The summed E-state index contributed by atoms with van der Waals surface area (Å²) >= 11 is 1.17. The van der Waals surface area contributed by atoms with Crippen molar-refractivity contribution in [2.75, 3.05) is 4.72 Å². The molecule has 1 fully saturated rings. The summed E-state index contributed by atoms with van der Waals surface area (Å²) in [5, 5.41) is 8.87. The van der Waals surface area contributed by atoms with Crippen LogP contribution in [0.15, 0.2) is 29.3 Å². The summed E-state index contributed by atoms with van der Waals surface area (Å²) in [7, 11) is -3.99. The fraction of sp³-hybridized carbons (Fsp3) is 0.286. The maximum Gasteiger partial charge on any atom is 0.416 e. The summed E-state index contributed by atoms with van der Waals surface area (Å²) in [6.45, 7) is 0. The molecular weight excluding hydrogens is 377 g/mol. The van der Waals surface area contributed by atoms with Crippen LogP contribution in [0.1, 0.15) is 29.3 Å². The van der Waals surface area contributed by atoms with Gasteiger partial charge in [-0.1, -0.05) is 17.4 Å². The molecule has 132 valence electrons. The van der Waals surface area contributed by atoms with Crippen LogP contribution in [0.5, 0.6) is 0 Å². The molecule has 6 nitrogen and oxygen atoms in total. The van der Waals surface area contributed by atoms with Crippen LogP contribution in [-0.2, 0) is 16.2 Å². The summed E-state index contributed by atoms with van der Waals surface area (Å²) in [6, 6.07) is 2.87. The first-order chi connectivity index (χ1) is 11.7. The molecule has 2 heterocycles. The fourth-order valence-electron chi connectivity index (χ4n) is 2.44. The first kappa shape index (κ1) is 16.3. The molecule has 2 N–H and O–H groups in total. The molecule has 1 aromatic carbocycles. The highest BCUT2D eigenvalue weighted by molar-refractivity contribution is 7.93. The minimum absolute atomic E-state index is 0.0890. The molecule has 0 radical (unpaired) electrons. The largest absolute Gasteiger partial charge is 0.416 e. The number of aromatic amines is 1. The Labute approximate surface area is 144 Å². The van der Waals surface area contributed by atoms with Gasteiger partial charge in [-0.05, 0) is 25.0 Å². The van der Waals surface area contributed by atoms with Crippen LogP contribution in [0, 0.1) is 0 Å². The standard InChI is InChI=1S/C14H11F3N4O2S2/c15-14(16,17)8-3-4-9-10(5-8)18-6-11(9)25(22,23)21-13-20-19-12(24-13)7-1-2-7/h3-7,18H,1-2H2,(H,20,21). The number of benzene rings is 1. The average Bonchev–Trinajstić information content (AvgIpc) is 3.11. The molecule has 0 amide bonds. The van der Waals surface area contributed by atoms with E-state index >= 15 is 0 Å². The van der Waals surface area contributed by atoms with Gasteiger partial charge in [-0.25, -0.2) is 8.42 Å². The van der Waals surface area contributed by atoms with E-state index in [9.17, 15) is 21.6 Å². The highest BCUT2D eigenvalue weighted by atomic mass is 32.2. The Morgan fingerprint density at radius 2 is 2.00 bits per heavy atom. The smallest absolute Gasteiger partial charge is 0.360 e. The van der Waals surface area contributed by atoms with Gasteiger partial charge in [-0.3, -0.25) is 4.72 Å². The van der Waals surface area contributed by atoms with Crippen molar-refractivity contribution in [2.45, 2.75) is 29.8 Å². The van der Waals surface area contributed by atoms with Gasteiger partial charge < -0.3 is 4.98 Å². The Bertz CT molecular complexity index is 1050. The number of hydrogen-bond acceptors (Lipinski definition) is 5. The second-order valence-electron chi connectivity index (χ2n) is 5.74. The number of alkyl halides is 3. The van der Waals surface area contributed by atoms with Crippen LogP contribution >= 0.6 is 11.3 Å². The molecule has 3 aromatic rings. The van der Waals surface area contributed by atoms with E-state index < -0.39 is 21.8 Å². The van der Waals surface area contributed by atoms with Crippen LogP contribution in [-0.4, -0.2) is 23.6 Å². The summed E-state index contributed by atoms with van der Waals surface area (Å²) in [5.74, 6) is 0.352. The van der Waals surface area contributed by atoms with E-state index in [2.05, 4.69) is 19.9 Å². The monoisotopic (exact) mass is 388 g/mol. The normalized spacial score (nSPS) is 15.6. The van der Waals surface area contributed by atoms with E-state index in [1.165, 1.54) is 11.3 Å². The Morgan fingerprint density at radius 1 is 1.24 bits per heavy atom. The molecule has 4 rings (SSSR count). The van der Waals surface area contributed by atoms with Crippen molar-refractivity contribution in [3.8, 4) is 0 Å². The van der Waals surface area contributed by atoms with Gasteiger partial charge in [-0.2, -0.15) is 13.2 Å². The molecule has 1 saturated carbocycles. The molecule has 1 aliphatic carbocycles. The van der Waals surface area contributed by atoms with Crippen LogP contribution in [0.25, 0.3) is 10.9 Å². The zero-order valence-electron chi connectivity index (χ0n) is 12.5. The second-order valence-corrected chi connectivity index (χ2v) is 8.40. The van der Waals surface area contributed by atoms with E-state index in [0.29, 0.717) is 5.92 Å². The number of fused-ring (bicyclic) bond motifs is 1. The number of rotatable bonds is 4. The Kier molecular flexibility index (Phi) is 3.55. The molecule has 0 spiro atoms. The van der Waals surface area contributed by atoms with Gasteiger partial charge >= 0.3 is 6.18 Å². The van der Waals surface area contributed by atoms with Crippen molar-refractivity contribution in [1.29, 1.82) is 0 Å². The number of aromatic nitrogens is 3. The molecule has 0 unspecified atom stereocenters. The lowest BCUT2D eigenvalue weighted by atomic mass is 10.1. The lowest BCUT2D eigenvalue weighted by Gasteiger charge is -2.07. The van der Waals surface area contributed by atoms with Gasteiger partial charge in [0.05, 0.1) is 5.56 Å².